The largest absolute Gasteiger partial charge is 0.454 e. The first-order chi connectivity index (χ1) is 13.2. The van der Waals surface area contributed by atoms with E-state index in [1.807, 2.05) is 6.07 Å². The van der Waals surface area contributed by atoms with Crippen molar-refractivity contribution in [3.63, 3.8) is 0 Å². The second kappa shape index (κ2) is 8.71. The maximum Gasteiger partial charge on any atom is 0.326 e. The van der Waals surface area contributed by atoms with Gasteiger partial charge in [-0.3, -0.25) is 19.3 Å². The number of nitrogens with one attached hydrogen (secondary N) is 1. The lowest BCUT2D eigenvalue weighted by Gasteiger charge is -2.22. The molecule has 0 bridgehead atoms. The Balaban J connectivity index is 1.98. The van der Waals surface area contributed by atoms with Crippen molar-refractivity contribution >= 4 is 41.1 Å². The van der Waals surface area contributed by atoms with Crippen LogP contribution in [0.3, 0.4) is 0 Å². The number of urea groups is 1. The Bertz CT molecular complexity index is 849. The van der Waals surface area contributed by atoms with Gasteiger partial charge in [-0.2, -0.15) is 5.26 Å². The van der Waals surface area contributed by atoms with E-state index in [1.54, 1.807) is 24.3 Å². The zero-order valence-corrected chi connectivity index (χ0v) is 16.2. The van der Waals surface area contributed by atoms with E-state index in [0.29, 0.717) is 10.7 Å². The predicted octanol–water partition coefficient (Wildman–Crippen LogP) is 1.46. The monoisotopic (exact) mass is 406 g/mol. The van der Waals surface area contributed by atoms with Gasteiger partial charge >= 0.3 is 12.0 Å². The first-order valence-electron chi connectivity index (χ1n) is 8.38. The van der Waals surface area contributed by atoms with Gasteiger partial charge in [0.15, 0.2) is 6.61 Å². The molecule has 0 radical (unpaired) electrons. The number of carbonyl (C=O) groups excluding carboxylic acids is 4. The zero-order chi connectivity index (χ0) is 20.9. The van der Waals surface area contributed by atoms with E-state index in [2.05, 4.69) is 5.32 Å². The van der Waals surface area contributed by atoms with Crippen molar-refractivity contribution in [2.75, 3.05) is 24.6 Å². The third-order valence-electron chi connectivity index (χ3n) is 3.96. The van der Waals surface area contributed by atoms with E-state index in [-0.39, 0.29) is 13.0 Å². The average Bonchev–Trinajstić information content (AvgIpc) is 2.82. The number of amides is 4. The van der Waals surface area contributed by atoms with Gasteiger partial charge in [-0.1, -0.05) is 17.7 Å². The summed E-state index contributed by atoms with van der Waals surface area (Å²) in [4.78, 5) is 50.3. The van der Waals surface area contributed by atoms with Gasteiger partial charge in [0.25, 0.3) is 11.8 Å². The maximum atomic E-state index is 12.5. The molecular weight excluding hydrogens is 388 g/mol. The summed E-state index contributed by atoms with van der Waals surface area (Å²) in [5.74, 6) is -2.03. The van der Waals surface area contributed by atoms with Gasteiger partial charge in [-0.25, -0.2) is 4.79 Å². The van der Waals surface area contributed by atoms with E-state index >= 15 is 0 Å². The third-order valence-corrected chi connectivity index (χ3v) is 4.19. The lowest BCUT2D eigenvalue weighted by Crippen LogP contribution is -2.41. The summed E-state index contributed by atoms with van der Waals surface area (Å²) in [6.07, 6.45) is 0.0731. The average molecular weight is 407 g/mol. The van der Waals surface area contributed by atoms with E-state index in [9.17, 15) is 19.2 Å². The predicted molar refractivity (Wildman–Crippen MR) is 99.3 cm³/mol. The molecule has 1 aliphatic rings. The second-order valence-corrected chi connectivity index (χ2v) is 6.98. The lowest BCUT2D eigenvalue weighted by atomic mass is 10.1. The number of esters is 1. The van der Waals surface area contributed by atoms with Crippen molar-refractivity contribution < 1.29 is 23.9 Å². The molecule has 148 valence electrons. The van der Waals surface area contributed by atoms with Crippen LogP contribution in [-0.4, -0.2) is 54.0 Å². The van der Waals surface area contributed by atoms with Crippen LogP contribution in [-0.2, 0) is 19.1 Å². The molecule has 1 aliphatic heterocycles. The lowest BCUT2D eigenvalue weighted by molar-refractivity contribution is -0.150. The van der Waals surface area contributed by atoms with Crippen molar-refractivity contribution in [1.29, 1.82) is 5.26 Å². The minimum atomic E-state index is -1.10. The first kappa shape index (κ1) is 21.2. The number of halogens is 1. The highest BCUT2D eigenvalue weighted by Gasteiger charge is 2.45. The van der Waals surface area contributed by atoms with E-state index < -0.39 is 42.5 Å². The summed E-state index contributed by atoms with van der Waals surface area (Å²) in [6, 6.07) is 7.72. The molecule has 2 rings (SSSR count). The molecule has 0 aromatic heterocycles. The number of anilines is 1. The topological polar surface area (TPSA) is 120 Å². The molecule has 1 N–H and O–H groups in total. The van der Waals surface area contributed by atoms with Gasteiger partial charge in [0.1, 0.15) is 12.1 Å². The smallest absolute Gasteiger partial charge is 0.326 e. The Morgan fingerprint density at radius 3 is 2.64 bits per heavy atom. The quantitative estimate of drug-likeness (QED) is 0.540. The molecule has 0 unspecified atom stereocenters. The zero-order valence-electron chi connectivity index (χ0n) is 15.4. The number of rotatable bonds is 7. The molecule has 1 aromatic rings. The molecule has 28 heavy (non-hydrogen) atoms. The van der Waals surface area contributed by atoms with Crippen LogP contribution in [0.1, 0.15) is 20.3 Å². The van der Waals surface area contributed by atoms with Crippen LogP contribution in [0.2, 0.25) is 5.02 Å². The van der Waals surface area contributed by atoms with Crippen LogP contribution in [0.5, 0.6) is 0 Å². The summed E-state index contributed by atoms with van der Waals surface area (Å²) < 4.78 is 4.92. The summed E-state index contributed by atoms with van der Waals surface area (Å²) in [6.45, 7) is 1.91. The number of ether oxygens (including phenoxy) is 1. The number of carbonyl (C=O) groups is 4. The van der Waals surface area contributed by atoms with Gasteiger partial charge in [0.2, 0.25) is 0 Å². The van der Waals surface area contributed by atoms with Gasteiger partial charge in [-0.15, -0.1) is 0 Å². The highest BCUT2D eigenvalue weighted by molar-refractivity contribution is 6.30. The molecule has 9 nitrogen and oxygen atoms in total. The summed E-state index contributed by atoms with van der Waals surface area (Å²) >= 11 is 5.94. The maximum absolute atomic E-state index is 12.5. The van der Waals surface area contributed by atoms with E-state index in [0.717, 1.165) is 4.90 Å². The SMILES string of the molecule is CC1(C)NC(=O)N(CC(=O)OCC(=O)N(CCC#N)c2cccc(Cl)c2)C1=O. The van der Waals surface area contributed by atoms with Crippen molar-refractivity contribution in [3.8, 4) is 6.07 Å². The fraction of sp³-hybridized carbons (Fsp3) is 0.389. The molecule has 0 spiro atoms. The number of hydrogen-bond acceptors (Lipinski definition) is 6. The summed E-state index contributed by atoms with van der Waals surface area (Å²) in [5.41, 5.74) is -0.645. The highest BCUT2D eigenvalue weighted by Crippen LogP contribution is 2.20. The minimum absolute atomic E-state index is 0.0731. The molecule has 1 saturated heterocycles. The summed E-state index contributed by atoms with van der Waals surface area (Å²) in [7, 11) is 0. The van der Waals surface area contributed by atoms with Crippen LogP contribution in [0.25, 0.3) is 0 Å². The Hall–Kier alpha value is -3.12. The van der Waals surface area contributed by atoms with Crippen molar-refractivity contribution in [2.24, 2.45) is 0 Å². The number of nitriles is 1. The Morgan fingerprint density at radius 1 is 1.36 bits per heavy atom. The first-order valence-corrected chi connectivity index (χ1v) is 8.76. The number of nitrogens with zero attached hydrogens (tertiary/aromatic N) is 3. The van der Waals surface area contributed by atoms with Crippen LogP contribution < -0.4 is 10.2 Å². The molecule has 0 saturated carbocycles. The van der Waals surface area contributed by atoms with Crippen LogP contribution >= 0.6 is 11.6 Å². The molecule has 1 heterocycles. The standard InChI is InChI=1S/C18H19ClN4O5/c1-18(2)16(26)23(17(27)21-18)10-15(25)28-11-14(24)22(8-4-7-20)13-6-3-5-12(19)9-13/h3,5-6,9H,4,8,10-11H2,1-2H3,(H,21,27). The van der Waals surface area contributed by atoms with Gasteiger partial charge in [0.05, 0.1) is 12.5 Å². The van der Waals surface area contributed by atoms with Gasteiger partial charge < -0.3 is 15.0 Å². The summed E-state index contributed by atoms with van der Waals surface area (Å²) in [5, 5.41) is 11.6. The Kier molecular flexibility index (Phi) is 6.59. The second-order valence-electron chi connectivity index (χ2n) is 6.54. The highest BCUT2D eigenvalue weighted by atomic mass is 35.5. The number of imide groups is 1. The normalized spacial score (nSPS) is 15.0. The van der Waals surface area contributed by atoms with Crippen molar-refractivity contribution in [2.45, 2.75) is 25.8 Å². The molecule has 1 aromatic carbocycles. The fourth-order valence-corrected chi connectivity index (χ4v) is 2.74. The number of hydrogen-bond donors (Lipinski definition) is 1. The van der Waals surface area contributed by atoms with Gasteiger partial charge in [-0.05, 0) is 32.0 Å². The third kappa shape index (κ3) is 4.98. The molecular formula is C18H19ClN4O5. The molecule has 0 aliphatic carbocycles. The van der Waals surface area contributed by atoms with Crippen molar-refractivity contribution in [1.82, 2.24) is 10.2 Å². The number of benzene rings is 1. The van der Waals surface area contributed by atoms with Crippen LogP contribution in [0.15, 0.2) is 24.3 Å². The molecule has 10 heteroatoms. The van der Waals surface area contributed by atoms with Crippen LogP contribution in [0.4, 0.5) is 10.5 Å². The molecule has 4 amide bonds. The Morgan fingerprint density at radius 2 is 2.07 bits per heavy atom. The van der Waals surface area contributed by atoms with Crippen LogP contribution in [0, 0.1) is 11.3 Å². The van der Waals surface area contributed by atoms with E-state index in [4.69, 9.17) is 21.6 Å². The van der Waals surface area contributed by atoms with Gasteiger partial charge in [0, 0.05) is 17.3 Å². The fourth-order valence-electron chi connectivity index (χ4n) is 2.56. The molecule has 1 fully saturated rings. The molecule has 0 atom stereocenters. The Labute approximate surface area is 166 Å². The van der Waals surface area contributed by atoms with E-state index in [1.165, 1.54) is 18.7 Å². The minimum Gasteiger partial charge on any atom is -0.454 e. The van der Waals surface area contributed by atoms with Crippen molar-refractivity contribution in [3.05, 3.63) is 29.3 Å².